The summed E-state index contributed by atoms with van der Waals surface area (Å²) in [6.07, 6.45) is 4.78. The number of hydrogen-bond donors (Lipinski definition) is 1. The number of likely N-dealkylation sites (N-methyl/N-ethyl adjacent to an activating group) is 1. The molecule has 7 nitrogen and oxygen atoms in total. The average Bonchev–Trinajstić information content (AvgIpc) is 2.97. The maximum Gasteiger partial charge on any atom is 0.307 e. The minimum atomic E-state index is -0.822. The van der Waals surface area contributed by atoms with Gasteiger partial charge in [-0.25, -0.2) is 0 Å². The minimum absolute atomic E-state index is 0.205. The van der Waals surface area contributed by atoms with Crippen molar-refractivity contribution in [3.63, 3.8) is 0 Å². The van der Waals surface area contributed by atoms with E-state index in [9.17, 15) is 9.90 Å². The number of morpholine rings is 1. The van der Waals surface area contributed by atoms with Crippen LogP contribution in [0.4, 0.5) is 0 Å². The third-order valence-corrected chi connectivity index (χ3v) is 4.08. The fourth-order valence-corrected chi connectivity index (χ4v) is 2.82. The molecular formula is C14H19N3O4. The molecule has 21 heavy (non-hydrogen) atoms. The van der Waals surface area contributed by atoms with Gasteiger partial charge in [-0.1, -0.05) is 17.3 Å². The van der Waals surface area contributed by atoms with E-state index in [1.54, 1.807) is 0 Å². The first-order valence-electron chi connectivity index (χ1n) is 7.16. The highest BCUT2D eigenvalue weighted by molar-refractivity contribution is 5.71. The molecule has 2 aliphatic rings. The summed E-state index contributed by atoms with van der Waals surface area (Å²) in [6.45, 7) is 2.23. The van der Waals surface area contributed by atoms with Gasteiger partial charge in [-0.15, -0.1) is 0 Å². The molecule has 1 aliphatic carbocycles. The van der Waals surface area contributed by atoms with Crippen molar-refractivity contribution in [1.29, 1.82) is 0 Å². The molecule has 0 saturated carbocycles. The number of aliphatic carboxylic acids is 1. The number of carbonyl (C=O) groups is 1. The molecule has 0 spiro atoms. The molecule has 114 valence electrons. The zero-order valence-corrected chi connectivity index (χ0v) is 11.9. The summed E-state index contributed by atoms with van der Waals surface area (Å²) >= 11 is 0. The van der Waals surface area contributed by atoms with Gasteiger partial charge in [-0.05, 0) is 19.9 Å². The van der Waals surface area contributed by atoms with Gasteiger partial charge in [0.15, 0.2) is 0 Å². The number of nitrogens with zero attached hydrogens (tertiary/aromatic N) is 3. The summed E-state index contributed by atoms with van der Waals surface area (Å²) in [7, 11) is 2.02. The van der Waals surface area contributed by atoms with E-state index in [0.717, 1.165) is 6.54 Å². The lowest BCUT2D eigenvalue weighted by atomic mass is 9.83. The molecule has 1 aromatic heterocycles. The van der Waals surface area contributed by atoms with Crippen LogP contribution in [0, 0.1) is 5.92 Å². The number of carboxylic acids is 1. The van der Waals surface area contributed by atoms with Gasteiger partial charge in [0.25, 0.3) is 0 Å². The maximum atomic E-state index is 11.3. The highest BCUT2D eigenvalue weighted by Crippen LogP contribution is 2.34. The molecule has 0 bridgehead atoms. The molecule has 0 amide bonds. The molecule has 1 fully saturated rings. The summed E-state index contributed by atoms with van der Waals surface area (Å²) in [5.41, 5.74) is 0. The van der Waals surface area contributed by atoms with Crippen molar-refractivity contribution >= 4 is 5.97 Å². The van der Waals surface area contributed by atoms with E-state index < -0.39 is 11.9 Å². The Morgan fingerprint density at radius 1 is 1.43 bits per heavy atom. The molecule has 3 unspecified atom stereocenters. The van der Waals surface area contributed by atoms with Gasteiger partial charge in [-0.2, -0.15) is 4.98 Å². The molecule has 7 heteroatoms. The van der Waals surface area contributed by atoms with Crippen LogP contribution in [-0.4, -0.2) is 52.9 Å². The molecular weight excluding hydrogens is 274 g/mol. The van der Waals surface area contributed by atoms with E-state index in [4.69, 9.17) is 9.26 Å². The highest BCUT2D eigenvalue weighted by atomic mass is 16.5. The van der Waals surface area contributed by atoms with Gasteiger partial charge in [0.2, 0.25) is 11.7 Å². The zero-order valence-electron chi connectivity index (χ0n) is 11.9. The second-order valence-corrected chi connectivity index (χ2v) is 5.61. The van der Waals surface area contributed by atoms with Crippen LogP contribution in [0.3, 0.4) is 0 Å². The van der Waals surface area contributed by atoms with Gasteiger partial charge in [-0.3, -0.25) is 4.79 Å². The van der Waals surface area contributed by atoms with E-state index in [1.807, 2.05) is 19.2 Å². The Balaban J connectivity index is 1.77. The number of hydrogen-bond acceptors (Lipinski definition) is 6. The Bertz CT molecular complexity index is 542. The van der Waals surface area contributed by atoms with Crippen LogP contribution in [0.2, 0.25) is 0 Å². The summed E-state index contributed by atoms with van der Waals surface area (Å²) in [5.74, 6) is -0.667. The first kappa shape index (κ1) is 14.2. The largest absolute Gasteiger partial charge is 0.481 e. The zero-order chi connectivity index (χ0) is 14.8. The summed E-state index contributed by atoms with van der Waals surface area (Å²) < 4.78 is 11.0. The van der Waals surface area contributed by atoms with Crippen molar-refractivity contribution in [2.75, 3.05) is 26.7 Å². The van der Waals surface area contributed by atoms with Crippen molar-refractivity contribution in [3.8, 4) is 0 Å². The molecule has 0 radical (unpaired) electrons. The predicted molar refractivity (Wildman–Crippen MR) is 72.7 cm³/mol. The molecule has 2 heterocycles. The second kappa shape index (κ2) is 5.95. The Morgan fingerprint density at radius 3 is 3.00 bits per heavy atom. The van der Waals surface area contributed by atoms with Crippen LogP contribution < -0.4 is 0 Å². The van der Waals surface area contributed by atoms with E-state index in [0.29, 0.717) is 37.7 Å². The predicted octanol–water partition coefficient (Wildman–Crippen LogP) is 1.21. The SMILES string of the molecule is CN1CCOC(c2noc(C3CC=CCC3C(=O)O)n2)C1. The minimum Gasteiger partial charge on any atom is -0.481 e. The van der Waals surface area contributed by atoms with Gasteiger partial charge in [0.05, 0.1) is 18.4 Å². The van der Waals surface area contributed by atoms with Gasteiger partial charge in [0.1, 0.15) is 6.10 Å². The summed E-state index contributed by atoms with van der Waals surface area (Å²) in [5, 5.41) is 13.3. The van der Waals surface area contributed by atoms with Crippen molar-refractivity contribution in [2.24, 2.45) is 5.92 Å². The molecule has 1 aromatic rings. The lowest BCUT2D eigenvalue weighted by Crippen LogP contribution is -2.35. The Morgan fingerprint density at radius 2 is 2.24 bits per heavy atom. The first-order valence-corrected chi connectivity index (χ1v) is 7.16. The number of ether oxygens (including phenoxy) is 1. The van der Waals surface area contributed by atoms with E-state index in [1.165, 1.54) is 0 Å². The second-order valence-electron chi connectivity index (χ2n) is 5.61. The topological polar surface area (TPSA) is 88.7 Å². The first-order chi connectivity index (χ1) is 10.1. The van der Waals surface area contributed by atoms with Gasteiger partial charge < -0.3 is 19.3 Å². The third kappa shape index (κ3) is 2.98. The normalized spacial score (nSPS) is 30.4. The molecule has 1 N–H and O–H groups in total. The number of rotatable bonds is 3. The number of aromatic nitrogens is 2. The van der Waals surface area contributed by atoms with Crippen LogP contribution in [0.15, 0.2) is 16.7 Å². The molecule has 0 aromatic carbocycles. The molecule has 1 aliphatic heterocycles. The van der Waals surface area contributed by atoms with Gasteiger partial charge in [0, 0.05) is 13.1 Å². The van der Waals surface area contributed by atoms with Crippen molar-refractivity contribution in [1.82, 2.24) is 15.0 Å². The fourth-order valence-electron chi connectivity index (χ4n) is 2.82. The van der Waals surface area contributed by atoms with E-state index in [2.05, 4.69) is 15.0 Å². The lowest BCUT2D eigenvalue weighted by Gasteiger charge is -2.27. The van der Waals surface area contributed by atoms with Crippen molar-refractivity contribution in [2.45, 2.75) is 24.9 Å². The quantitative estimate of drug-likeness (QED) is 0.838. The standard InChI is InChI=1S/C14H19N3O4/c1-17-6-7-20-11(8-17)12-15-13(21-16-12)9-4-2-3-5-10(9)14(18)19/h2-3,9-11H,4-8H2,1H3,(H,18,19). The van der Waals surface area contributed by atoms with E-state index >= 15 is 0 Å². The van der Waals surface area contributed by atoms with Crippen LogP contribution in [0.1, 0.15) is 36.6 Å². The van der Waals surface area contributed by atoms with Gasteiger partial charge >= 0.3 is 5.97 Å². The highest BCUT2D eigenvalue weighted by Gasteiger charge is 2.35. The van der Waals surface area contributed by atoms with Crippen molar-refractivity contribution < 1.29 is 19.2 Å². The molecule has 3 atom stereocenters. The number of carboxylic acid groups (broad SMARTS) is 1. The number of allylic oxidation sites excluding steroid dienone is 2. The van der Waals surface area contributed by atoms with E-state index in [-0.39, 0.29) is 12.0 Å². The molecule has 1 saturated heterocycles. The Hall–Kier alpha value is -1.73. The summed E-state index contributed by atoms with van der Waals surface area (Å²) in [6, 6.07) is 0. The summed E-state index contributed by atoms with van der Waals surface area (Å²) in [4.78, 5) is 17.9. The van der Waals surface area contributed by atoms with Crippen LogP contribution in [0.5, 0.6) is 0 Å². The third-order valence-electron chi connectivity index (χ3n) is 4.08. The monoisotopic (exact) mass is 293 g/mol. The van der Waals surface area contributed by atoms with Crippen LogP contribution in [0.25, 0.3) is 0 Å². The van der Waals surface area contributed by atoms with Crippen LogP contribution in [-0.2, 0) is 9.53 Å². The smallest absolute Gasteiger partial charge is 0.307 e. The average molecular weight is 293 g/mol. The maximum absolute atomic E-state index is 11.3. The molecule has 3 rings (SSSR count). The lowest BCUT2D eigenvalue weighted by molar-refractivity contribution is -0.142. The Labute approximate surface area is 122 Å². The Kier molecular flexibility index (Phi) is 4.03. The van der Waals surface area contributed by atoms with Crippen molar-refractivity contribution in [3.05, 3.63) is 23.9 Å². The van der Waals surface area contributed by atoms with Crippen LogP contribution >= 0.6 is 0 Å². The fraction of sp³-hybridized carbons (Fsp3) is 0.643.